The molecule has 0 saturated heterocycles. The predicted molar refractivity (Wildman–Crippen MR) is 172 cm³/mol. The summed E-state index contributed by atoms with van der Waals surface area (Å²) in [5.74, 6) is -6.52. The molecule has 296 valence electrons. The number of hydrogen-bond acceptors (Lipinski definition) is 10. The molecule has 0 aromatic heterocycles. The topological polar surface area (TPSA) is 124 Å². The highest BCUT2D eigenvalue weighted by molar-refractivity contribution is 5.93. The van der Waals surface area contributed by atoms with Crippen LogP contribution in [0.3, 0.4) is 0 Å². The lowest BCUT2D eigenvalue weighted by atomic mass is 10.1. The van der Waals surface area contributed by atoms with Gasteiger partial charge in [0.25, 0.3) is 0 Å². The third-order valence-corrected chi connectivity index (χ3v) is 7.00. The van der Waals surface area contributed by atoms with Gasteiger partial charge in [0.05, 0.1) is 37.6 Å². The van der Waals surface area contributed by atoms with Crippen molar-refractivity contribution in [3.63, 3.8) is 0 Å². The smallest absolute Gasteiger partial charge is 0.422 e. The van der Waals surface area contributed by atoms with Gasteiger partial charge in [0.2, 0.25) is 0 Å². The van der Waals surface area contributed by atoms with E-state index < -0.39 is 89.4 Å². The number of carbonyl (C=O) groups excluding carboxylic acids is 4. The minimum absolute atomic E-state index is 0.00420. The van der Waals surface area contributed by atoms with E-state index in [-0.39, 0.29) is 48.7 Å². The number of halogens is 9. The minimum atomic E-state index is -5.07. The van der Waals surface area contributed by atoms with Crippen LogP contribution in [0.4, 0.5) is 39.5 Å². The Hall–Kier alpha value is -6.01. The SMILES string of the molecule is C=C(C(=O)OCCCOc1ccc(C(=O)Oc2ccc(OC(=O)c3ccc(OCCCOC(=O)C(=C)C(F)(F)F)cc3)c(C(F)(F)F)c2C)cc1)C(F)(F)F. The molecule has 55 heavy (non-hydrogen) atoms. The van der Waals surface area contributed by atoms with Crippen LogP contribution in [0.2, 0.25) is 0 Å². The van der Waals surface area contributed by atoms with Gasteiger partial charge in [-0.3, -0.25) is 0 Å². The molecule has 0 heterocycles. The summed E-state index contributed by atoms with van der Waals surface area (Å²) >= 11 is 0. The normalized spacial score (nSPS) is 11.6. The van der Waals surface area contributed by atoms with Gasteiger partial charge >= 0.3 is 42.4 Å². The molecular weight excluding hydrogens is 763 g/mol. The van der Waals surface area contributed by atoms with Crippen molar-refractivity contribution in [2.24, 2.45) is 0 Å². The number of hydrogen-bond donors (Lipinski definition) is 0. The summed E-state index contributed by atoms with van der Waals surface area (Å²) in [6, 6.07) is 11.8. The lowest BCUT2D eigenvalue weighted by Gasteiger charge is -2.18. The van der Waals surface area contributed by atoms with Crippen molar-refractivity contribution in [3.05, 3.63) is 107 Å². The predicted octanol–water partition coefficient (Wildman–Crippen LogP) is 8.31. The van der Waals surface area contributed by atoms with E-state index in [4.69, 9.17) is 18.9 Å². The van der Waals surface area contributed by atoms with Crippen molar-refractivity contribution >= 4 is 23.9 Å². The standard InChI is InChI=1S/C36H29F9O10/c1-20-27(54-32(48)23-6-10-25(11-7-23)50-16-4-18-52-30(46)21(2)34(37,38)39)14-15-28(29(20)36(43,44)45)55-33(49)24-8-12-26(13-9-24)51-17-5-19-53-31(47)22(3)35(40,41)42/h6-15H,2-5,16-19H2,1H3. The number of esters is 4. The summed E-state index contributed by atoms with van der Waals surface area (Å²) in [4.78, 5) is 48.1. The number of carbonyl (C=O) groups is 4. The highest BCUT2D eigenvalue weighted by Gasteiger charge is 2.40. The largest absolute Gasteiger partial charge is 0.493 e. The summed E-state index contributed by atoms with van der Waals surface area (Å²) in [5, 5.41) is 0. The van der Waals surface area contributed by atoms with Crippen LogP contribution < -0.4 is 18.9 Å². The van der Waals surface area contributed by atoms with E-state index in [1.54, 1.807) is 0 Å². The van der Waals surface area contributed by atoms with Gasteiger partial charge < -0.3 is 28.4 Å². The summed E-state index contributed by atoms with van der Waals surface area (Å²) < 4.78 is 147. The molecule has 0 N–H and O–H groups in total. The van der Waals surface area contributed by atoms with Gasteiger partial charge in [-0.1, -0.05) is 13.2 Å². The Morgan fingerprint density at radius 2 is 0.909 bits per heavy atom. The molecule has 0 spiro atoms. The van der Waals surface area contributed by atoms with Gasteiger partial charge in [0.1, 0.15) is 39.7 Å². The van der Waals surface area contributed by atoms with Crippen molar-refractivity contribution < 1.29 is 87.1 Å². The third-order valence-electron chi connectivity index (χ3n) is 7.00. The fourth-order valence-corrected chi connectivity index (χ4v) is 4.14. The van der Waals surface area contributed by atoms with Crippen LogP contribution in [0.5, 0.6) is 23.0 Å². The Morgan fingerprint density at radius 3 is 1.27 bits per heavy atom. The highest BCUT2D eigenvalue weighted by atomic mass is 19.4. The van der Waals surface area contributed by atoms with Gasteiger partial charge in [-0.05, 0) is 67.6 Å². The van der Waals surface area contributed by atoms with Crippen LogP contribution in [0, 0.1) is 6.92 Å². The molecule has 0 aliphatic carbocycles. The summed E-state index contributed by atoms with van der Waals surface area (Å²) in [5.41, 5.74) is -5.58. The Balaban J connectivity index is 1.55. The van der Waals surface area contributed by atoms with Crippen LogP contribution >= 0.6 is 0 Å². The first-order valence-corrected chi connectivity index (χ1v) is 15.6. The molecule has 3 aromatic rings. The quantitative estimate of drug-likeness (QED) is 0.0460. The van der Waals surface area contributed by atoms with Gasteiger partial charge in [0, 0.05) is 18.4 Å². The van der Waals surface area contributed by atoms with Gasteiger partial charge in [-0.2, -0.15) is 39.5 Å². The molecule has 10 nitrogen and oxygen atoms in total. The first-order chi connectivity index (χ1) is 25.6. The van der Waals surface area contributed by atoms with Crippen LogP contribution in [0.1, 0.15) is 44.7 Å². The average Bonchev–Trinajstić information content (AvgIpc) is 3.10. The Labute approximate surface area is 306 Å². The zero-order valence-electron chi connectivity index (χ0n) is 28.4. The van der Waals surface area contributed by atoms with E-state index >= 15 is 0 Å². The summed E-state index contributed by atoms with van der Waals surface area (Å²) in [6.45, 7) is 5.22. The van der Waals surface area contributed by atoms with Crippen molar-refractivity contribution in [2.75, 3.05) is 26.4 Å². The molecule has 0 fully saturated rings. The second-order valence-corrected chi connectivity index (χ2v) is 11.0. The van der Waals surface area contributed by atoms with E-state index in [9.17, 15) is 58.7 Å². The van der Waals surface area contributed by atoms with Gasteiger partial charge in [-0.15, -0.1) is 0 Å². The molecule has 0 bridgehead atoms. The first-order valence-electron chi connectivity index (χ1n) is 15.6. The lowest BCUT2D eigenvalue weighted by molar-refractivity contribution is -0.152. The summed E-state index contributed by atoms with van der Waals surface area (Å²) in [6.07, 6.45) is -14.9. The van der Waals surface area contributed by atoms with Crippen molar-refractivity contribution in [2.45, 2.75) is 38.3 Å². The maximum Gasteiger partial charge on any atom is 0.422 e. The second-order valence-electron chi connectivity index (χ2n) is 11.0. The molecule has 3 aromatic carbocycles. The molecule has 0 saturated carbocycles. The van der Waals surface area contributed by atoms with E-state index in [0.29, 0.717) is 0 Å². The number of benzene rings is 3. The zero-order chi connectivity index (χ0) is 41.1. The van der Waals surface area contributed by atoms with E-state index in [2.05, 4.69) is 22.6 Å². The number of ether oxygens (including phenoxy) is 6. The van der Waals surface area contributed by atoms with Gasteiger partial charge in [-0.25, -0.2) is 19.2 Å². The monoisotopic (exact) mass is 792 g/mol. The fraction of sp³-hybridized carbons (Fsp3) is 0.278. The lowest BCUT2D eigenvalue weighted by Crippen LogP contribution is -2.21. The third kappa shape index (κ3) is 12.8. The number of alkyl halides is 9. The Bertz CT molecular complexity index is 1880. The summed E-state index contributed by atoms with van der Waals surface area (Å²) in [7, 11) is 0. The van der Waals surface area contributed by atoms with E-state index in [1.807, 2.05) is 0 Å². The molecule has 0 aliphatic heterocycles. The molecular formula is C36H29F9O10. The molecule has 0 aliphatic rings. The van der Waals surface area contributed by atoms with Crippen molar-refractivity contribution in [1.29, 1.82) is 0 Å². The molecule has 0 unspecified atom stereocenters. The van der Waals surface area contributed by atoms with Crippen molar-refractivity contribution in [1.82, 2.24) is 0 Å². The van der Waals surface area contributed by atoms with E-state index in [1.165, 1.54) is 48.5 Å². The molecule has 0 amide bonds. The van der Waals surface area contributed by atoms with Crippen molar-refractivity contribution in [3.8, 4) is 23.0 Å². The molecule has 0 radical (unpaired) electrons. The molecule has 0 atom stereocenters. The van der Waals surface area contributed by atoms with Crippen LogP contribution in [0.15, 0.2) is 85.0 Å². The van der Waals surface area contributed by atoms with Crippen LogP contribution in [-0.4, -0.2) is 62.7 Å². The average molecular weight is 793 g/mol. The minimum Gasteiger partial charge on any atom is -0.493 e. The Kier molecular flexibility index (Phi) is 14.5. The maximum atomic E-state index is 14.2. The van der Waals surface area contributed by atoms with Crippen LogP contribution in [0.25, 0.3) is 0 Å². The number of rotatable bonds is 16. The van der Waals surface area contributed by atoms with Gasteiger partial charge in [0.15, 0.2) is 0 Å². The second kappa shape index (κ2) is 18.4. The molecule has 3 rings (SSSR count). The first kappa shape index (κ1) is 43.4. The van der Waals surface area contributed by atoms with Crippen LogP contribution in [-0.2, 0) is 25.2 Å². The Morgan fingerprint density at radius 1 is 0.545 bits per heavy atom. The molecule has 19 heteroatoms. The zero-order valence-corrected chi connectivity index (χ0v) is 28.4. The fourth-order valence-electron chi connectivity index (χ4n) is 4.14. The van der Waals surface area contributed by atoms with E-state index in [0.717, 1.165) is 19.1 Å². The highest BCUT2D eigenvalue weighted by Crippen LogP contribution is 2.42. The maximum absolute atomic E-state index is 14.2.